The van der Waals surface area contributed by atoms with Crippen LogP contribution in [0, 0.1) is 5.92 Å². The summed E-state index contributed by atoms with van der Waals surface area (Å²) in [5, 5.41) is 3.34. The predicted octanol–water partition coefficient (Wildman–Crippen LogP) is 3.79. The Morgan fingerprint density at radius 1 is 0.967 bits per heavy atom. The first kappa shape index (κ1) is 20.6. The molecule has 1 aliphatic carbocycles. The van der Waals surface area contributed by atoms with Crippen LogP contribution in [-0.4, -0.2) is 41.9 Å². The Morgan fingerprint density at radius 3 is 2.23 bits per heavy atom. The van der Waals surface area contributed by atoms with Crippen LogP contribution in [0.3, 0.4) is 0 Å². The summed E-state index contributed by atoms with van der Waals surface area (Å²) in [7, 11) is 0. The summed E-state index contributed by atoms with van der Waals surface area (Å²) in [4.78, 5) is 27.3. The fourth-order valence-electron chi connectivity index (χ4n) is 4.26. The summed E-state index contributed by atoms with van der Waals surface area (Å²) in [6.07, 6.45) is 5.11. The van der Waals surface area contributed by atoms with Gasteiger partial charge in [-0.05, 0) is 42.9 Å². The van der Waals surface area contributed by atoms with Gasteiger partial charge in [0.25, 0.3) is 5.91 Å². The number of piperidine rings is 1. The Kier molecular flexibility index (Phi) is 6.48. The van der Waals surface area contributed by atoms with Crippen molar-refractivity contribution in [3.63, 3.8) is 0 Å². The molecule has 2 aliphatic rings. The highest BCUT2D eigenvalue weighted by atomic mass is 16.5. The van der Waals surface area contributed by atoms with Gasteiger partial charge in [-0.3, -0.25) is 9.59 Å². The third-order valence-corrected chi connectivity index (χ3v) is 6.20. The second-order valence-electron chi connectivity index (χ2n) is 8.61. The molecule has 0 aromatic heterocycles. The predicted molar refractivity (Wildman–Crippen MR) is 116 cm³/mol. The zero-order chi connectivity index (χ0) is 20.8. The lowest BCUT2D eigenvalue weighted by Gasteiger charge is -2.42. The Balaban J connectivity index is 1.30. The summed E-state index contributed by atoms with van der Waals surface area (Å²) in [5.74, 6) is 0.722. The molecule has 0 unspecified atom stereocenters. The first-order valence-electron chi connectivity index (χ1n) is 10.9. The summed E-state index contributed by atoms with van der Waals surface area (Å²) >= 11 is 0. The van der Waals surface area contributed by atoms with E-state index in [-0.39, 0.29) is 24.0 Å². The number of hydrogen-bond donors (Lipinski definition) is 1. The third-order valence-electron chi connectivity index (χ3n) is 6.20. The van der Waals surface area contributed by atoms with Gasteiger partial charge in [-0.1, -0.05) is 61.4 Å². The monoisotopic (exact) mass is 406 g/mol. The van der Waals surface area contributed by atoms with E-state index in [2.05, 4.69) is 5.32 Å². The lowest BCUT2D eigenvalue weighted by Crippen LogP contribution is -2.56. The van der Waals surface area contributed by atoms with Crippen LogP contribution in [0.2, 0.25) is 0 Å². The molecule has 1 aliphatic heterocycles. The smallest absolute Gasteiger partial charge is 0.251 e. The van der Waals surface area contributed by atoms with Crippen molar-refractivity contribution < 1.29 is 14.3 Å². The van der Waals surface area contributed by atoms with Crippen molar-refractivity contribution in [2.24, 2.45) is 5.92 Å². The van der Waals surface area contributed by atoms with E-state index in [4.69, 9.17) is 4.74 Å². The molecule has 2 fully saturated rings. The maximum atomic E-state index is 12.8. The zero-order valence-corrected chi connectivity index (χ0v) is 17.4. The number of carbonyl (C=O) groups is 2. The molecule has 5 heteroatoms. The third kappa shape index (κ3) is 5.48. The van der Waals surface area contributed by atoms with Crippen LogP contribution in [0.1, 0.15) is 48.0 Å². The standard InChI is InChI=1S/C25H30N2O3/c28-23(19-30-18-21-7-3-1-4-8-21)27-15-13-25(14-16-27,17-20-11-12-20)26-24(29)22-9-5-2-6-10-22/h1-10,20H,11-19H2,(H,26,29). The molecule has 0 bridgehead atoms. The van der Waals surface area contributed by atoms with E-state index in [1.807, 2.05) is 65.6 Å². The zero-order valence-electron chi connectivity index (χ0n) is 17.4. The van der Waals surface area contributed by atoms with Crippen LogP contribution in [0.15, 0.2) is 60.7 Å². The molecular weight excluding hydrogens is 376 g/mol. The van der Waals surface area contributed by atoms with E-state index in [1.165, 1.54) is 12.8 Å². The number of nitrogens with one attached hydrogen (secondary N) is 1. The Morgan fingerprint density at radius 2 is 1.60 bits per heavy atom. The molecule has 2 aromatic carbocycles. The average molecular weight is 407 g/mol. The topological polar surface area (TPSA) is 58.6 Å². The van der Waals surface area contributed by atoms with Crippen molar-refractivity contribution in [2.75, 3.05) is 19.7 Å². The van der Waals surface area contributed by atoms with Gasteiger partial charge < -0.3 is 15.0 Å². The van der Waals surface area contributed by atoms with Gasteiger partial charge in [0.1, 0.15) is 6.61 Å². The summed E-state index contributed by atoms with van der Waals surface area (Å²) in [6, 6.07) is 19.3. The van der Waals surface area contributed by atoms with Crippen molar-refractivity contribution in [1.29, 1.82) is 0 Å². The SMILES string of the molecule is O=C(NC1(CC2CC2)CCN(C(=O)COCc2ccccc2)CC1)c1ccccc1. The van der Waals surface area contributed by atoms with E-state index in [1.54, 1.807) is 0 Å². The average Bonchev–Trinajstić information content (AvgIpc) is 3.59. The number of likely N-dealkylation sites (tertiary alicyclic amines) is 1. The fraction of sp³-hybridized carbons (Fsp3) is 0.440. The van der Waals surface area contributed by atoms with Gasteiger partial charge in [-0.2, -0.15) is 0 Å². The van der Waals surface area contributed by atoms with Crippen molar-refractivity contribution in [2.45, 2.75) is 44.2 Å². The van der Waals surface area contributed by atoms with Crippen molar-refractivity contribution in [3.8, 4) is 0 Å². The lowest BCUT2D eigenvalue weighted by molar-refractivity contribution is -0.138. The number of amides is 2. The second-order valence-corrected chi connectivity index (χ2v) is 8.61. The minimum atomic E-state index is -0.213. The molecule has 0 radical (unpaired) electrons. The summed E-state index contributed by atoms with van der Waals surface area (Å²) in [6.45, 7) is 1.87. The number of rotatable bonds is 8. The minimum absolute atomic E-state index is 0.0118. The molecule has 4 rings (SSSR count). The highest BCUT2D eigenvalue weighted by molar-refractivity contribution is 5.94. The summed E-state index contributed by atoms with van der Waals surface area (Å²) in [5.41, 5.74) is 1.55. The molecule has 1 saturated heterocycles. The minimum Gasteiger partial charge on any atom is -0.367 e. The van der Waals surface area contributed by atoms with Gasteiger partial charge in [0, 0.05) is 24.2 Å². The molecule has 30 heavy (non-hydrogen) atoms. The van der Waals surface area contributed by atoms with Gasteiger partial charge in [0.2, 0.25) is 5.91 Å². The van der Waals surface area contributed by atoms with E-state index >= 15 is 0 Å². The number of ether oxygens (including phenoxy) is 1. The van der Waals surface area contributed by atoms with E-state index < -0.39 is 0 Å². The molecular formula is C25H30N2O3. The highest BCUT2D eigenvalue weighted by Crippen LogP contribution is 2.40. The Hall–Kier alpha value is -2.66. The van der Waals surface area contributed by atoms with Gasteiger partial charge in [-0.15, -0.1) is 0 Å². The van der Waals surface area contributed by atoms with Gasteiger partial charge >= 0.3 is 0 Å². The fourth-order valence-corrected chi connectivity index (χ4v) is 4.26. The molecule has 2 amide bonds. The number of carbonyl (C=O) groups excluding carboxylic acids is 2. The maximum absolute atomic E-state index is 12.8. The Bertz CT molecular complexity index is 841. The normalized spacial score (nSPS) is 18.1. The number of benzene rings is 2. The second kappa shape index (κ2) is 9.43. The highest BCUT2D eigenvalue weighted by Gasteiger charge is 2.41. The van der Waals surface area contributed by atoms with Crippen LogP contribution in [-0.2, 0) is 16.1 Å². The lowest BCUT2D eigenvalue weighted by atomic mass is 9.82. The van der Waals surface area contributed by atoms with E-state index in [9.17, 15) is 9.59 Å². The molecule has 158 valence electrons. The molecule has 1 N–H and O–H groups in total. The molecule has 2 aromatic rings. The maximum Gasteiger partial charge on any atom is 0.251 e. The van der Waals surface area contributed by atoms with Crippen molar-refractivity contribution >= 4 is 11.8 Å². The Labute approximate surface area is 178 Å². The first-order valence-corrected chi connectivity index (χ1v) is 10.9. The van der Waals surface area contributed by atoms with Gasteiger partial charge in [0.05, 0.1) is 6.61 Å². The van der Waals surface area contributed by atoms with Crippen molar-refractivity contribution in [3.05, 3.63) is 71.8 Å². The van der Waals surface area contributed by atoms with Crippen LogP contribution < -0.4 is 5.32 Å². The molecule has 0 atom stereocenters. The first-order chi connectivity index (χ1) is 14.6. The van der Waals surface area contributed by atoms with Crippen molar-refractivity contribution in [1.82, 2.24) is 10.2 Å². The number of hydrogen-bond acceptors (Lipinski definition) is 3. The van der Waals surface area contributed by atoms with Crippen LogP contribution in [0.5, 0.6) is 0 Å². The van der Waals surface area contributed by atoms with E-state index in [0.717, 1.165) is 24.8 Å². The van der Waals surface area contributed by atoms with Crippen LogP contribution in [0.4, 0.5) is 0 Å². The summed E-state index contributed by atoms with van der Waals surface area (Å²) < 4.78 is 5.62. The van der Waals surface area contributed by atoms with E-state index in [0.29, 0.717) is 31.2 Å². The molecule has 1 heterocycles. The largest absolute Gasteiger partial charge is 0.367 e. The van der Waals surface area contributed by atoms with Gasteiger partial charge in [0.15, 0.2) is 0 Å². The molecule has 1 saturated carbocycles. The molecule has 5 nitrogen and oxygen atoms in total. The molecule has 0 spiro atoms. The number of nitrogens with zero attached hydrogens (tertiary/aromatic N) is 1. The quantitative estimate of drug-likeness (QED) is 0.726. The van der Waals surface area contributed by atoms with Gasteiger partial charge in [-0.25, -0.2) is 0 Å². The van der Waals surface area contributed by atoms with Crippen LogP contribution in [0.25, 0.3) is 0 Å². The van der Waals surface area contributed by atoms with Crippen LogP contribution >= 0.6 is 0 Å².